The number of halogens is 2. The van der Waals surface area contributed by atoms with Crippen LogP contribution >= 0.6 is 11.6 Å². The van der Waals surface area contributed by atoms with Crippen LogP contribution in [0.15, 0.2) is 46.2 Å². The Morgan fingerprint density at radius 3 is 2.54 bits per heavy atom. The number of piperidine rings is 1. The van der Waals surface area contributed by atoms with Crippen molar-refractivity contribution in [3.8, 4) is 0 Å². The predicted molar refractivity (Wildman–Crippen MR) is 103 cm³/mol. The monoisotopic (exact) mass is 427 g/mol. The molecule has 10 heteroatoms. The van der Waals surface area contributed by atoms with Crippen LogP contribution in [0, 0.1) is 5.82 Å². The molecule has 1 aromatic carbocycles. The number of hydrogen-bond acceptors (Lipinski definition) is 4. The van der Waals surface area contributed by atoms with Crippen molar-refractivity contribution in [2.24, 2.45) is 0 Å². The molecule has 2 aromatic rings. The zero-order chi connectivity index (χ0) is 20.3. The molecule has 3 rings (SSSR count). The summed E-state index contributed by atoms with van der Waals surface area (Å²) >= 11 is 5.67. The third-order valence-electron chi connectivity index (χ3n) is 4.43. The van der Waals surface area contributed by atoms with Gasteiger partial charge in [-0.25, -0.2) is 12.8 Å². The number of nitrogens with zero attached hydrogens (tertiary/aromatic N) is 2. The second-order valence-corrected chi connectivity index (χ2v) is 8.82. The molecule has 150 valence electrons. The molecule has 0 atom stereocenters. The maximum absolute atomic E-state index is 13.2. The van der Waals surface area contributed by atoms with E-state index < -0.39 is 33.9 Å². The number of pyridine rings is 1. The Hall–Kier alpha value is -2.23. The van der Waals surface area contributed by atoms with Gasteiger partial charge in [-0.1, -0.05) is 18.0 Å². The number of anilines is 1. The Morgan fingerprint density at radius 2 is 1.86 bits per heavy atom. The normalized spacial score (nSPS) is 15.4. The van der Waals surface area contributed by atoms with Crippen LogP contribution < -0.4 is 10.9 Å². The molecule has 1 aliphatic rings. The summed E-state index contributed by atoms with van der Waals surface area (Å²) in [7, 11) is -3.72. The van der Waals surface area contributed by atoms with E-state index in [1.54, 1.807) is 0 Å². The highest BCUT2D eigenvalue weighted by molar-refractivity contribution is 7.89. The van der Waals surface area contributed by atoms with E-state index in [9.17, 15) is 22.4 Å². The number of rotatable bonds is 5. The highest BCUT2D eigenvalue weighted by Crippen LogP contribution is 2.20. The Bertz CT molecular complexity index is 1050. The standard InChI is InChI=1S/C18H19ClFN3O4S/c19-15-10-13(4-6-16(15)20)21-17(24)12-22-11-14(5-7-18(22)25)28(26,27)23-8-2-1-3-9-23/h4-7,10-11H,1-3,8-9,12H2,(H,21,24). The molecule has 0 saturated carbocycles. The maximum Gasteiger partial charge on any atom is 0.251 e. The largest absolute Gasteiger partial charge is 0.324 e. The number of carbonyl (C=O) groups is 1. The topological polar surface area (TPSA) is 88.5 Å². The Kier molecular flexibility index (Phi) is 6.17. The molecule has 2 heterocycles. The number of aromatic nitrogens is 1. The smallest absolute Gasteiger partial charge is 0.251 e. The van der Waals surface area contributed by atoms with Gasteiger partial charge in [0.2, 0.25) is 15.9 Å². The van der Waals surface area contributed by atoms with Crippen LogP contribution in [-0.2, 0) is 21.4 Å². The highest BCUT2D eigenvalue weighted by atomic mass is 35.5. The van der Waals surface area contributed by atoms with Crippen molar-refractivity contribution in [2.75, 3.05) is 18.4 Å². The van der Waals surface area contributed by atoms with Crippen molar-refractivity contribution in [2.45, 2.75) is 30.7 Å². The maximum atomic E-state index is 13.2. The molecule has 1 amide bonds. The van der Waals surface area contributed by atoms with E-state index in [-0.39, 0.29) is 15.6 Å². The van der Waals surface area contributed by atoms with E-state index in [4.69, 9.17) is 11.6 Å². The van der Waals surface area contributed by atoms with Gasteiger partial charge in [-0.2, -0.15) is 4.31 Å². The fourth-order valence-corrected chi connectivity index (χ4v) is 4.69. The summed E-state index contributed by atoms with van der Waals surface area (Å²) in [5.74, 6) is -1.19. The first-order valence-electron chi connectivity index (χ1n) is 8.73. The number of amides is 1. The van der Waals surface area contributed by atoms with Gasteiger partial charge >= 0.3 is 0 Å². The van der Waals surface area contributed by atoms with E-state index in [1.165, 1.54) is 28.7 Å². The molecule has 1 aromatic heterocycles. The first-order valence-corrected chi connectivity index (χ1v) is 10.5. The van der Waals surface area contributed by atoms with Gasteiger partial charge in [0.1, 0.15) is 12.4 Å². The van der Waals surface area contributed by atoms with Crippen LogP contribution in [0.5, 0.6) is 0 Å². The summed E-state index contributed by atoms with van der Waals surface area (Å²) in [6.07, 6.45) is 3.74. The zero-order valence-electron chi connectivity index (χ0n) is 14.9. The fourth-order valence-electron chi connectivity index (χ4n) is 2.97. The Balaban J connectivity index is 1.78. The highest BCUT2D eigenvalue weighted by Gasteiger charge is 2.26. The van der Waals surface area contributed by atoms with Crippen molar-refractivity contribution in [1.82, 2.24) is 8.87 Å². The van der Waals surface area contributed by atoms with Gasteiger partial charge in [-0.15, -0.1) is 0 Å². The SMILES string of the molecule is O=C(Cn1cc(S(=O)(=O)N2CCCCC2)ccc1=O)Nc1ccc(F)c(Cl)c1. The molecule has 0 bridgehead atoms. The number of sulfonamides is 1. The molecule has 0 spiro atoms. The minimum atomic E-state index is -3.72. The van der Waals surface area contributed by atoms with Crippen LogP contribution in [0.4, 0.5) is 10.1 Å². The van der Waals surface area contributed by atoms with Gasteiger partial charge in [-0.3, -0.25) is 9.59 Å². The number of nitrogens with one attached hydrogen (secondary N) is 1. The lowest BCUT2D eigenvalue weighted by molar-refractivity contribution is -0.116. The van der Waals surface area contributed by atoms with Crippen LogP contribution in [0.25, 0.3) is 0 Å². The molecule has 0 aliphatic carbocycles. The van der Waals surface area contributed by atoms with Crippen molar-refractivity contribution < 1.29 is 17.6 Å². The first-order chi connectivity index (χ1) is 13.3. The van der Waals surface area contributed by atoms with Crippen LogP contribution in [-0.4, -0.2) is 36.3 Å². The Morgan fingerprint density at radius 1 is 1.14 bits per heavy atom. The molecule has 28 heavy (non-hydrogen) atoms. The summed E-state index contributed by atoms with van der Waals surface area (Å²) in [5.41, 5.74) is -0.244. The lowest BCUT2D eigenvalue weighted by Crippen LogP contribution is -2.36. The first kappa shape index (κ1) is 20.5. The predicted octanol–water partition coefficient (Wildman–Crippen LogP) is 2.45. The average Bonchev–Trinajstić information content (AvgIpc) is 2.67. The lowest BCUT2D eigenvalue weighted by atomic mass is 10.2. The molecule has 1 aliphatic heterocycles. The summed E-state index contributed by atoms with van der Waals surface area (Å²) in [6.45, 7) is 0.484. The minimum Gasteiger partial charge on any atom is -0.324 e. The van der Waals surface area contributed by atoms with Crippen molar-refractivity contribution in [3.05, 3.63) is 57.7 Å². The minimum absolute atomic E-state index is 0.0355. The van der Waals surface area contributed by atoms with Crippen LogP contribution in [0.3, 0.4) is 0 Å². The van der Waals surface area contributed by atoms with E-state index in [0.29, 0.717) is 13.1 Å². The molecule has 0 radical (unpaired) electrons. The van der Waals surface area contributed by atoms with Gasteiger partial charge in [0.25, 0.3) is 5.56 Å². The lowest BCUT2D eigenvalue weighted by Gasteiger charge is -2.26. The summed E-state index contributed by atoms with van der Waals surface area (Å²) in [4.78, 5) is 24.3. The third-order valence-corrected chi connectivity index (χ3v) is 6.60. The van der Waals surface area contributed by atoms with Crippen LogP contribution in [0.1, 0.15) is 19.3 Å². The molecule has 0 unspecified atom stereocenters. The molecule has 7 nitrogen and oxygen atoms in total. The van der Waals surface area contributed by atoms with Gasteiger partial charge in [0.05, 0.1) is 9.92 Å². The molecule has 1 N–H and O–H groups in total. The molecular weight excluding hydrogens is 409 g/mol. The van der Waals surface area contributed by atoms with E-state index in [1.807, 2.05) is 0 Å². The summed E-state index contributed by atoms with van der Waals surface area (Å²) < 4.78 is 41.1. The van der Waals surface area contributed by atoms with Crippen molar-refractivity contribution in [3.63, 3.8) is 0 Å². The quantitative estimate of drug-likeness (QED) is 0.793. The fraction of sp³-hybridized carbons (Fsp3) is 0.333. The Labute approximate surface area is 166 Å². The number of hydrogen-bond donors (Lipinski definition) is 1. The molecule has 1 saturated heterocycles. The van der Waals surface area contributed by atoms with Gasteiger partial charge in [-0.05, 0) is 37.1 Å². The second-order valence-electron chi connectivity index (χ2n) is 6.47. The van der Waals surface area contributed by atoms with Crippen molar-refractivity contribution in [1.29, 1.82) is 0 Å². The van der Waals surface area contributed by atoms with E-state index >= 15 is 0 Å². The van der Waals surface area contributed by atoms with E-state index in [0.717, 1.165) is 36.0 Å². The molecular formula is C18H19ClFN3O4S. The van der Waals surface area contributed by atoms with Crippen molar-refractivity contribution >= 4 is 33.2 Å². The third kappa shape index (κ3) is 4.60. The average molecular weight is 428 g/mol. The van der Waals surface area contributed by atoms with E-state index in [2.05, 4.69) is 5.32 Å². The number of carbonyl (C=O) groups excluding carboxylic acids is 1. The van der Waals surface area contributed by atoms with Gasteiger partial charge < -0.3 is 9.88 Å². The van der Waals surface area contributed by atoms with Gasteiger partial charge in [0, 0.05) is 31.0 Å². The molecule has 1 fully saturated rings. The number of benzene rings is 1. The summed E-state index contributed by atoms with van der Waals surface area (Å²) in [6, 6.07) is 6.06. The second kappa shape index (κ2) is 8.42. The van der Waals surface area contributed by atoms with Crippen LogP contribution in [0.2, 0.25) is 5.02 Å². The zero-order valence-corrected chi connectivity index (χ0v) is 16.5. The summed E-state index contributed by atoms with van der Waals surface area (Å²) in [5, 5.41) is 2.35. The van der Waals surface area contributed by atoms with Gasteiger partial charge in [0.15, 0.2) is 0 Å².